The zero-order valence-electron chi connectivity index (χ0n) is 10.2. The summed E-state index contributed by atoms with van der Waals surface area (Å²) in [4.78, 5) is 0. The second kappa shape index (κ2) is 6.60. The molecule has 1 fully saturated rings. The highest BCUT2D eigenvalue weighted by Gasteiger charge is 2.14. The largest absolute Gasteiger partial charge is 0.385 e. The summed E-state index contributed by atoms with van der Waals surface area (Å²) in [7, 11) is 0. The maximum atomic E-state index is 12.0. The first-order valence-electron chi connectivity index (χ1n) is 6.50. The van der Waals surface area contributed by atoms with Gasteiger partial charge in [-0.1, -0.05) is 12.1 Å². The van der Waals surface area contributed by atoms with E-state index in [2.05, 4.69) is 34.9 Å². The van der Waals surface area contributed by atoms with Crippen LogP contribution in [-0.2, 0) is 0 Å². The van der Waals surface area contributed by atoms with Crippen molar-refractivity contribution in [1.29, 1.82) is 0 Å². The van der Waals surface area contributed by atoms with E-state index in [1.165, 1.54) is 18.4 Å². The molecule has 0 saturated carbocycles. The van der Waals surface area contributed by atoms with Gasteiger partial charge in [-0.25, -0.2) is 0 Å². The molecule has 17 heavy (non-hydrogen) atoms. The number of hydrogen-bond acceptors (Lipinski definition) is 2. The first-order valence-corrected chi connectivity index (χ1v) is 6.50. The van der Waals surface area contributed by atoms with Gasteiger partial charge in [-0.2, -0.15) is 0 Å². The van der Waals surface area contributed by atoms with Crippen LogP contribution in [0.3, 0.4) is 0 Å². The van der Waals surface area contributed by atoms with E-state index in [4.69, 9.17) is 0 Å². The fourth-order valence-electron chi connectivity index (χ4n) is 2.36. The van der Waals surface area contributed by atoms with Crippen molar-refractivity contribution in [3.8, 4) is 0 Å². The van der Waals surface area contributed by atoms with Crippen LogP contribution >= 0.6 is 0 Å². The summed E-state index contributed by atoms with van der Waals surface area (Å²) >= 11 is 0. The van der Waals surface area contributed by atoms with E-state index in [1.807, 2.05) is 0 Å². The summed E-state index contributed by atoms with van der Waals surface area (Å²) in [6, 6.07) is 8.57. The lowest BCUT2D eigenvalue weighted by Gasteiger charge is -2.23. The minimum atomic E-state index is -0.249. The normalized spacial score (nSPS) is 17.0. The first kappa shape index (κ1) is 12.4. The van der Waals surface area contributed by atoms with E-state index in [-0.39, 0.29) is 6.67 Å². The third-order valence-corrected chi connectivity index (χ3v) is 3.34. The van der Waals surface area contributed by atoms with Gasteiger partial charge in [-0.15, -0.1) is 0 Å². The van der Waals surface area contributed by atoms with Crippen molar-refractivity contribution in [2.75, 3.05) is 31.6 Å². The molecular formula is C14H21FN2. The minimum absolute atomic E-state index is 0.249. The predicted molar refractivity (Wildman–Crippen MR) is 70.4 cm³/mol. The van der Waals surface area contributed by atoms with Crippen LogP contribution in [0.15, 0.2) is 24.3 Å². The molecule has 0 amide bonds. The maximum Gasteiger partial charge on any atom is 0.0911 e. The third kappa shape index (κ3) is 3.70. The van der Waals surface area contributed by atoms with Crippen LogP contribution < -0.4 is 10.6 Å². The molecule has 1 aliphatic rings. The van der Waals surface area contributed by atoms with Gasteiger partial charge >= 0.3 is 0 Å². The second-order valence-corrected chi connectivity index (χ2v) is 4.62. The summed E-state index contributed by atoms with van der Waals surface area (Å²) < 4.78 is 12.0. The van der Waals surface area contributed by atoms with Crippen LogP contribution in [0.1, 0.15) is 30.7 Å². The molecule has 0 unspecified atom stereocenters. The molecule has 0 radical (unpaired) electrons. The summed E-state index contributed by atoms with van der Waals surface area (Å²) in [5.74, 6) is 0.680. The number of anilines is 1. The van der Waals surface area contributed by atoms with Crippen molar-refractivity contribution < 1.29 is 4.39 Å². The molecule has 1 aliphatic heterocycles. The van der Waals surface area contributed by atoms with Gasteiger partial charge in [0, 0.05) is 12.2 Å². The first-order chi connectivity index (χ1) is 8.40. The summed E-state index contributed by atoms with van der Waals surface area (Å²) in [6.45, 7) is 2.70. The highest BCUT2D eigenvalue weighted by Crippen LogP contribution is 2.26. The Labute approximate surface area is 103 Å². The van der Waals surface area contributed by atoms with Crippen molar-refractivity contribution in [2.45, 2.75) is 25.2 Å². The van der Waals surface area contributed by atoms with Gasteiger partial charge < -0.3 is 10.6 Å². The zero-order valence-corrected chi connectivity index (χ0v) is 10.2. The Morgan fingerprint density at radius 2 is 2.12 bits per heavy atom. The van der Waals surface area contributed by atoms with Gasteiger partial charge in [-0.3, -0.25) is 4.39 Å². The average Bonchev–Trinajstić information content (AvgIpc) is 2.41. The highest BCUT2D eigenvalue weighted by molar-refractivity contribution is 5.46. The fraction of sp³-hybridized carbons (Fsp3) is 0.571. The molecule has 3 heteroatoms. The summed E-state index contributed by atoms with van der Waals surface area (Å²) in [5.41, 5.74) is 2.53. The number of hydrogen-bond donors (Lipinski definition) is 2. The average molecular weight is 236 g/mol. The van der Waals surface area contributed by atoms with Crippen LogP contribution in [0.2, 0.25) is 0 Å². The lowest BCUT2D eigenvalue weighted by molar-refractivity contribution is 0.460. The quantitative estimate of drug-likeness (QED) is 0.768. The van der Waals surface area contributed by atoms with E-state index in [1.54, 1.807) is 0 Å². The smallest absolute Gasteiger partial charge is 0.0911 e. The Bertz CT molecular complexity index is 335. The molecule has 0 aliphatic carbocycles. The molecule has 0 aromatic heterocycles. The summed E-state index contributed by atoms with van der Waals surface area (Å²) in [5, 5.41) is 6.65. The minimum Gasteiger partial charge on any atom is -0.385 e. The molecule has 94 valence electrons. The number of rotatable bonds is 5. The van der Waals surface area contributed by atoms with E-state index in [0.29, 0.717) is 18.9 Å². The van der Waals surface area contributed by atoms with E-state index in [9.17, 15) is 4.39 Å². The molecule has 2 N–H and O–H groups in total. The van der Waals surface area contributed by atoms with E-state index in [0.717, 1.165) is 18.8 Å². The van der Waals surface area contributed by atoms with Crippen molar-refractivity contribution in [3.63, 3.8) is 0 Å². The summed E-state index contributed by atoms with van der Waals surface area (Å²) in [6.07, 6.45) is 3.01. The molecule has 0 spiro atoms. The van der Waals surface area contributed by atoms with Gasteiger partial charge in [0.1, 0.15) is 0 Å². The van der Waals surface area contributed by atoms with Crippen LogP contribution in [0.5, 0.6) is 0 Å². The van der Waals surface area contributed by atoms with Crippen molar-refractivity contribution >= 4 is 5.69 Å². The van der Waals surface area contributed by atoms with E-state index >= 15 is 0 Å². The lowest BCUT2D eigenvalue weighted by Crippen LogP contribution is -2.26. The number of benzene rings is 1. The zero-order chi connectivity index (χ0) is 11.9. The van der Waals surface area contributed by atoms with Gasteiger partial charge in [0.25, 0.3) is 0 Å². The van der Waals surface area contributed by atoms with Crippen LogP contribution in [-0.4, -0.2) is 26.3 Å². The number of piperidine rings is 1. The molecular weight excluding hydrogens is 215 g/mol. The van der Waals surface area contributed by atoms with Crippen LogP contribution in [0.4, 0.5) is 10.1 Å². The monoisotopic (exact) mass is 236 g/mol. The van der Waals surface area contributed by atoms with Crippen LogP contribution in [0.25, 0.3) is 0 Å². The Balaban J connectivity index is 1.95. The van der Waals surface area contributed by atoms with E-state index < -0.39 is 0 Å². The van der Waals surface area contributed by atoms with Gasteiger partial charge in [-0.05, 0) is 56.0 Å². The standard InChI is InChI=1S/C14H21FN2/c15-7-2-8-17-14-4-1-3-13(11-14)12-5-9-16-10-6-12/h1,3-4,11-12,16-17H,2,5-10H2. The van der Waals surface area contributed by atoms with Crippen LogP contribution in [0, 0.1) is 0 Å². The molecule has 0 atom stereocenters. The Hall–Kier alpha value is -1.09. The molecule has 1 heterocycles. The number of halogens is 1. The number of alkyl halides is 1. The van der Waals surface area contributed by atoms with Gasteiger partial charge in [0.15, 0.2) is 0 Å². The second-order valence-electron chi connectivity index (χ2n) is 4.62. The lowest BCUT2D eigenvalue weighted by atomic mass is 9.90. The molecule has 0 bridgehead atoms. The Kier molecular flexibility index (Phi) is 4.80. The molecule has 2 rings (SSSR count). The molecule has 2 nitrogen and oxygen atoms in total. The number of nitrogens with one attached hydrogen (secondary N) is 2. The third-order valence-electron chi connectivity index (χ3n) is 3.34. The molecule has 1 saturated heterocycles. The highest BCUT2D eigenvalue weighted by atomic mass is 19.1. The SMILES string of the molecule is FCCCNc1cccc(C2CCNCC2)c1. The van der Waals surface area contributed by atoms with Crippen molar-refractivity contribution in [2.24, 2.45) is 0 Å². The predicted octanol–water partition coefficient (Wildman–Crippen LogP) is 2.93. The van der Waals surface area contributed by atoms with Gasteiger partial charge in [0.2, 0.25) is 0 Å². The topological polar surface area (TPSA) is 24.1 Å². The molecule has 1 aromatic rings. The Morgan fingerprint density at radius 3 is 2.88 bits per heavy atom. The molecule has 1 aromatic carbocycles. The fourth-order valence-corrected chi connectivity index (χ4v) is 2.36. The maximum absolute atomic E-state index is 12.0. The van der Waals surface area contributed by atoms with Crippen molar-refractivity contribution in [1.82, 2.24) is 5.32 Å². The van der Waals surface area contributed by atoms with Gasteiger partial charge in [0.05, 0.1) is 6.67 Å². The van der Waals surface area contributed by atoms with Crippen molar-refractivity contribution in [3.05, 3.63) is 29.8 Å². The Morgan fingerprint density at radius 1 is 1.29 bits per heavy atom.